The molecule has 0 saturated heterocycles. The Morgan fingerprint density at radius 2 is 1.62 bits per heavy atom. The van der Waals surface area contributed by atoms with Crippen molar-refractivity contribution in [3.05, 3.63) is 89.7 Å². The molecule has 0 aliphatic carbocycles. The number of aromatic nitrogens is 1. The molecule has 0 aliphatic rings. The normalized spacial score (nSPS) is 11.0. The van der Waals surface area contributed by atoms with E-state index in [2.05, 4.69) is 20.3 Å². The van der Waals surface area contributed by atoms with E-state index in [1.807, 2.05) is 0 Å². The highest BCUT2D eigenvalue weighted by Crippen LogP contribution is 2.13. The van der Waals surface area contributed by atoms with Gasteiger partial charge in [-0.05, 0) is 48.9 Å². The maximum atomic E-state index is 12.3. The standard InChI is InChI=1S/C24H24N4O5S/c1-17(29)19-5-7-22(8-6-19)34(32,33)27-14-11-23(30)26-16-18-3-2-4-21(15-18)28-24(31)20-9-12-25-13-10-20/h2-10,12-13,15,27H,11,14,16H2,1H3,(H,26,30)(H,28,31). The molecule has 9 nitrogen and oxygen atoms in total. The van der Waals surface area contributed by atoms with Crippen molar-refractivity contribution in [3.8, 4) is 0 Å². The Morgan fingerprint density at radius 1 is 0.912 bits per heavy atom. The number of hydrogen-bond donors (Lipinski definition) is 3. The third kappa shape index (κ3) is 7.06. The van der Waals surface area contributed by atoms with Crippen LogP contribution in [0, 0.1) is 0 Å². The highest BCUT2D eigenvalue weighted by atomic mass is 32.2. The Balaban J connectivity index is 1.46. The van der Waals surface area contributed by atoms with Crippen LogP contribution in [0.25, 0.3) is 0 Å². The fraction of sp³-hybridized carbons (Fsp3) is 0.167. The zero-order valence-corrected chi connectivity index (χ0v) is 19.3. The summed E-state index contributed by atoms with van der Waals surface area (Å²) in [5.41, 5.74) is 2.24. The monoisotopic (exact) mass is 480 g/mol. The van der Waals surface area contributed by atoms with E-state index < -0.39 is 10.0 Å². The SMILES string of the molecule is CC(=O)c1ccc(S(=O)(=O)NCCC(=O)NCc2cccc(NC(=O)c3ccncc3)c2)cc1. The van der Waals surface area contributed by atoms with Gasteiger partial charge in [-0.15, -0.1) is 0 Å². The van der Waals surface area contributed by atoms with Gasteiger partial charge >= 0.3 is 0 Å². The molecule has 0 spiro atoms. The number of carbonyl (C=O) groups excluding carboxylic acids is 3. The number of amides is 2. The molecule has 0 atom stereocenters. The maximum absolute atomic E-state index is 12.3. The van der Waals surface area contributed by atoms with Gasteiger partial charge in [-0.1, -0.05) is 24.3 Å². The van der Waals surface area contributed by atoms with Crippen LogP contribution in [-0.4, -0.2) is 37.5 Å². The third-order valence-corrected chi connectivity index (χ3v) is 6.31. The van der Waals surface area contributed by atoms with Crippen molar-refractivity contribution in [2.24, 2.45) is 0 Å². The van der Waals surface area contributed by atoms with Crippen LogP contribution in [0.2, 0.25) is 0 Å². The van der Waals surface area contributed by atoms with Crippen LogP contribution in [0.1, 0.15) is 39.6 Å². The van der Waals surface area contributed by atoms with E-state index in [0.717, 1.165) is 5.56 Å². The van der Waals surface area contributed by atoms with Crippen molar-refractivity contribution in [2.45, 2.75) is 24.8 Å². The van der Waals surface area contributed by atoms with Gasteiger partial charge in [-0.3, -0.25) is 19.4 Å². The van der Waals surface area contributed by atoms with Crippen LogP contribution in [0.5, 0.6) is 0 Å². The first kappa shape index (κ1) is 24.7. The van der Waals surface area contributed by atoms with Gasteiger partial charge in [0, 0.05) is 48.7 Å². The number of carbonyl (C=O) groups is 3. The molecular formula is C24H24N4O5S. The van der Waals surface area contributed by atoms with E-state index in [0.29, 0.717) is 16.8 Å². The molecule has 10 heteroatoms. The second-order valence-corrected chi connectivity index (χ2v) is 9.16. The average molecular weight is 481 g/mol. The number of Topliss-reactive ketones (excluding diaryl/α,β-unsaturated/α-hetero) is 1. The van der Waals surface area contributed by atoms with Crippen molar-refractivity contribution in [2.75, 3.05) is 11.9 Å². The van der Waals surface area contributed by atoms with Crippen LogP contribution in [-0.2, 0) is 21.4 Å². The molecule has 2 amide bonds. The molecule has 0 aliphatic heterocycles. The number of nitrogens with zero attached hydrogens (tertiary/aromatic N) is 1. The quantitative estimate of drug-likeness (QED) is 0.382. The number of hydrogen-bond acceptors (Lipinski definition) is 6. The number of pyridine rings is 1. The minimum Gasteiger partial charge on any atom is -0.352 e. The van der Waals surface area contributed by atoms with Gasteiger partial charge < -0.3 is 10.6 Å². The molecule has 3 aromatic rings. The van der Waals surface area contributed by atoms with Crippen LogP contribution < -0.4 is 15.4 Å². The van der Waals surface area contributed by atoms with E-state index >= 15 is 0 Å². The van der Waals surface area contributed by atoms with Gasteiger partial charge in [0.25, 0.3) is 5.91 Å². The molecular weight excluding hydrogens is 456 g/mol. The molecule has 3 N–H and O–H groups in total. The number of anilines is 1. The minimum absolute atomic E-state index is 0.0172. The zero-order valence-electron chi connectivity index (χ0n) is 18.4. The molecule has 0 fully saturated rings. The van der Waals surface area contributed by atoms with Crippen LogP contribution in [0.3, 0.4) is 0 Å². The first-order chi connectivity index (χ1) is 16.2. The van der Waals surface area contributed by atoms with Gasteiger partial charge in [0.05, 0.1) is 4.90 Å². The number of benzene rings is 2. The summed E-state index contributed by atoms with van der Waals surface area (Å²) in [5, 5.41) is 5.51. The van der Waals surface area contributed by atoms with Gasteiger partial charge in [0.1, 0.15) is 0 Å². The Labute approximate surface area is 197 Å². The van der Waals surface area contributed by atoms with E-state index in [1.54, 1.807) is 36.4 Å². The molecule has 0 radical (unpaired) electrons. The molecule has 1 aromatic heterocycles. The Bertz CT molecular complexity index is 1280. The number of ketones is 1. The molecule has 0 saturated carbocycles. The van der Waals surface area contributed by atoms with Crippen LogP contribution in [0.15, 0.2) is 78.0 Å². The molecule has 176 valence electrons. The van der Waals surface area contributed by atoms with Gasteiger partial charge in [-0.2, -0.15) is 0 Å². The van der Waals surface area contributed by atoms with E-state index in [-0.39, 0.29) is 42.0 Å². The van der Waals surface area contributed by atoms with E-state index in [4.69, 9.17) is 0 Å². The second-order valence-electron chi connectivity index (χ2n) is 7.40. The molecule has 1 heterocycles. The fourth-order valence-electron chi connectivity index (χ4n) is 3.01. The van der Waals surface area contributed by atoms with Crippen LogP contribution in [0.4, 0.5) is 5.69 Å². The summed E-state index contributed by atoms with van der Waals surface area (Å²) < 4.78 is 27.0. The Morgan fingerprint density at radius 3 is 2.29 bits per heavy atom. The second kappa shape index (κ2) is 11.3. The molecule has 0 bridgehead atoms. The Kier molecular flexibility index (Phi) is 8.23. The summed E-state index contributed by atoms with van der Waals surface area (Å²) in [6.07, 6.45) is 3.01. The molecule has 3 rings (SSSR count). The lowest BCUT2D eigenvalue weighted by molar-refractivity contribution is -0.121. The topological polar surface area (TPSA) is 134 Å². The van der Waals surface area contributed by atoms with Crippen LogP contribution >= 0.6 is 0 Å². The summed E-state index contributed by atoms with van der Waals surface area (Å²) in [7, 11) is -3.79. The lowest BCUT2D eigenvalue weighted by atomic mass is 10.2. The summed E-state index contributed by atoms with van der Waals surface area (Å²) in [5.74, 6) is -0.761. The van der Waals surface area contributed by atoms with Gasteiger partial charge in [0.2, 0.25) is 15.9 Å². The largest absolute Gasteiger partial charge is 0.352 e. The first-order valence-corrected chi connectivity index (χ1v) is 11.9. The highest BCUT2D eigenvalue weighted by Gasteiger charge is 2.15. The first-order valence-electron chi connectivity index (χ1n) is 10.4. The van der Waals surface area contributed by atoms with Crippen molar-refractivity contribution in [3.63, 3.8) is 0 Å². The summed E-state index contributed by atoms with van der Waals surface area (Å²) >= 11 is 0. The lowest BCUT2D eigenvalue weighted by Gasteiger charge is -2.10. The van der Waals surface area contributed by atoms with Gasteiger partial charge in [0.15, 0.2) is 5.78 Å². The predicted molar refractivity (Wildman–Crippen MR) is 127 cm³/mol. The third-order valence-electron chi connectivity index (χ3n) is 4.83. The van der Waals surface area contributed by atoms with Crippen molar-refractivity contribution < 1.29 is 22.8 Å². The predicted octanol–water partition coefficient (Wildman–Crippen LogP) is 2.52. The number of nitrogens with one attached hydrogen (secondary N) is 3. The number of rotatable bonds is 10. The summed E-state index contributed by atoms with van der Waals surface area (Å²) in [6, 6.07) is 15.8. The fourth-order valence-corrected chi connectivity index (χ4v) is 4.04. The lowest BCUT2D eigenvalue weighted by Crippen LogP contribution is -2.30. The summed E-state index contributed by atoms with van der Waals surface area (Å²) in [6.45, 7) is 1.54. The van der Waals surface area contributed by atoms with E-state index in [1.165, 1.54) is 43.6 Å². The summed E-state index contributed by atoms with van der Waals surface area (Å²) in [4.78, 5) is 39.6. The van der Waals surface area contributed by atoms with Crippen molar-refractivity contribution in [1.82, 2.24) is 15.0 Å². The van der Waals surface area contributed by atoms with Crippen molar-refractivity contribution in [1.29, 1.82) is 0 Å². The molecule has 0 unspecified atom stereocenters. The number of sulfonamides is 1. The van der Waals surface area contributed by atoms with Crippen molar-refractivity contribution >= 4 is 33.3 Å². The molecule has 2 aromatic carbocycles. The maximum Gasteiger partial charge on any atom is 0.255 e. The average Bonchev–Trinajstić information content (AvgIpc) is 2.83. The smallest absolute Gasteiger partial charge is 0.255 e. The minimum atomic E-state index is -3.79. The van der Waals surface area contributed by atoms with Gasteiger partial charge in [-0.25, -0.2) is 13.1 Å². The zero-order chi connectivity index (χ0) is 24.6. The molecule has 34 heavy (non-hydrogen) atoms. The van der Waals surface area contributed by atoms with E-state index in [9.17, 15) is 22.8 Å². The Hall–Kier alpha value is -3.89. The highest BCUT2D eigenvalue weighted by molar-refractivity contribution is 7.89.